The molecule has 2 atom stereocenters. The molecule has 2 aliphatic rings. The number of amides is 1. The molecule has 0 saturated carbocycles. The first kappa shape index (κ1) is 13.3. The summed E-state index contributed by atoms with van der Waals surface area (Å²) in [5, 5.41) is 2.79. The van der Waals surface area contributed by atoms with Crippen LogP contribution in [0.3, 0.4) is 0 Å². The van der Waals surface area contributed by atoms with Crippen molar-refractivity contribution in [1.82, 2.24) is 4.90 Å². The minimum Gasteiger partial charge on any atom is -0.333 e. The summed E-state index contributed by atoms with van der Waals surface area (Å²) in [6.07, 6.45) is 10.6. The van der Waals surface area contributed by atoms with Crippen LogP contribution in [0.2, 0.25) is 0 Å². The van der Waals surface area contributed by atoms with Crippen molar-refractivity contribution in [2.24, 2.45) is 0 Å². The van der Waals surface area contributed by atoms with E-state index < -0.39 is 0 Å². The third-order valence-electron chi connectivity index (χ3n) is 4.21. The molecule has 1 amide bonds. The van der Waals surface area contributed by atoms with Crippen LogP contribution >= 0.6 is 23.1 Å². The van der Waals surface area contributed by atoms with Crippen molar-refractivity contribution in [3.63, 3.8) is 0 Å². The summed E-state index contributed by atoms with van der Waals surface area (Å²) in [6.45, 7) is 0. The first-order valence-corrected chi connectivity index (χ1v) is 9.01. The Morgan fingerprint density at radius 3 is 2.74 bits per heavy atom. The second kappa shape index (κ2) is 5.71. The fourth-order valence-electron chi connectivity index (χ4n) is 3.30. The van der Waals surface area contributed by atoms with E-state index in [1.54, 1.807) is 17.4 Å². The van der Waals surface area contributed by atoms with E-state index in [4.69, 9.17) is 0 Å². The Kier molecular flexibility index (Phi) is 3.99. The van der Waals surface area contributed by atoms with Crippen LogP contribution < -0.4 is 0 Å². The standard InChI is InChI=1S/C15H19NOS2/c1-18-14-9-11-4-5-12(10-14)16(11)15(17)7-6-13-3-2-8-19-13/h2-3,6-8,11-12,14H,4-5,9-10H2,1H3/b7-6+. The highest BCUT2D eigenvalue weighted by Crippen LogP contribution is 2.39. The first-order chi connectivity index (χ1) is 9.28. The Morgan fingerprint density at radius 2 is 2.16 bits per heavy atom. The van der Waals surface area contributed by atoms with Gasteiger partial charge in [-0.15, -0.1) is 11.3 Å². The number of thioether (sulfide) groups is 1. The highest BCUT2D eigenvalue weighted by molar-refractivity contribution is 7.99. The Morgan fingerprint density at radius 1 is 1.42 bits per heavy atom. The fourth-order valence-corrected chi connectivity index (χ4v) is 4.75. The summed E-state index contributed by atoms with van der Waals surface area (Å²) in [5.74, 6) is 0.209. The Bertz CT molecular complexity index is 454. The molecule has 4 heteroatoms. The summed E-state index contributed by atoms with van der Waals surface area (Å²) >= 11 is 3.64. The van der Waals surface area contributed by atoms with E-state index in [0.29, 0.717) is 12.1 Å². The summed E-state index contributed by atoms with van der Waals surface area (Å²) in [5.41, 5.74) is 0. The number of hydrogen-bond donors (Lipinski definition) is 0. The molecule has 1 aromatic rings. The largest absolute Gasteiger partial charge is 0.333 e. The van der Waals surface area contributed by atoms with Crippen LogP contribution in [0, 0.1) is 0 Å². The molecule has 0 aliphatic carbocycles. The Hall–Kier alpha value is -0.740. The lowest BCUT2D eigenvalue weighted by Gasteiger charge is -2.37. The summed E-state index contributed by atoms with van der Waals surface area (Å²) < 4.78 is 0. The molecule has 2 nitrogen and oxygen atoms in total. The van der Waals surface area contributed by atoms with Crippen LogP contribution in [0.1, 0.15) is 30.6 Å². The zero-order valence-corrected chi connectivity index (χ0v) is 12.8. The molecule has 19 heavy (non-hydrogen) atoms. The van der Waals surface area contributed by atoms with Crippen LogP contribution in [0.4, 0.5) is 0 Å². The minimum absolute atomic E-state index is 0.209. The number of carbonyl (C=O) groups is 1. The van der Waals surface area contributed by atoms with Gasteiger partial charge < -0.3 is 4.90 Å². The van der Waals surface area contributed by atoms with Crippen molar-refractivity contribution in [1.29, 1.82) is 0 Å². The highest BCUT2D eigenvalue weighted by Gasteiger charge is 2.42. The number of rotatable bonds is 3. The van der Waals surface area contributed by atoms with Crippen molar-refractivity contribution >= 4 is 35.1 Å². The monoisotopic (exact) mass is 293 g/mol. The average molecular weight is 293 g/mol. The summed E-state index contributed by atoms with van der Waals surface area (Å²) in [6, 6.07) is 5.03. The van der Waals surface area contributed by atoms with E-state index in [2.05, 4.69) is 11.2 Å². The smallest absolute Gasteiger partial charge is 0.247 e. The quantitative estimate of drug-likeness (QED) is 0.793. The molecular weight excluding hydrogens is 274 g/mol. The number of thiophene rings is 1. The zero-order valence-electron chi connectivity index (χ0n) is 11.1. The molecule has 2 bridgehead atoms. The van der Waals surface area contributed by atoms with Gasteiger partial charge in [-0.25, -0.2) is 0 Å². The van der Waals surface area contributed by atoms with Crippen molar-refractivity contribution in [2.45, 2.75) is 43.0 Å². The molecule has 0 spiro atoms. The Balaban J connectivity index is 1.68. The van der Waals surface area contributed by atoms with Gasteiger partial charge in [-0.05, 0) is 49.5 Å². The fraction of sp³-hybridized carbons (Fsp3) is 0.533. The number of carbonyl (C=O) groups excluding carboxylic acids is 1. The molecule has 2 aliphatic heterocycles. The van der Waals surface area contributed by atoms with Crippen molar-refractivity contribution in [2.75, 3.05) is 6.26 Å². The number of hydrogen-bond acceptors (Lipinski definition) is 3. The van der Waals surface area contributed by atoms with E-state index in [1.165, 1.54) is 25.7 Å². The van der Waals surface area contributed by atoms with Crippen molar-refractivity contribution < 1.29 is 4.79 Å². The second-order valence-electron chi connectivity index (χ2n) is 5.31. The third-order valence-corrected chi connectivity index (χ3v) is 6.10. The third kappa shape index (κ3) is 2.75. The normalized spacial score (nSPS) is 30.2. The van der Waals surface area contributed by atoms with Gasteiger partial charge in [0.1, 0.15) is 0 Å². The highest BCUT2D eigenvalue weighted by atomic mass is 32.2. The van der Waals surface area contributed by atoms with Gasteiger partial charge in [0, 0.05) is 28.3 Å². The predicted octanol–water partition coefficient (Wildman–Crippen LogP) is 3.65. The van der Waals surface area contributed by atoms with Gasteiger partial charge in [-0.1, -0.05) is 6.07 Å². The van der Waals surface area contributed by atoms with E-state index in [9.17, 15) is 4.79 Å². The maximum Gasteiger partial charge on any atom is 0.247 e. The van der Waals surface area contributed by atoms with E-state index in [1.807, 2.05) is 35.4 Å². The average Bonchev–Trinajstić information content (AvgIpc) is 3.02. The molecule has 0 N–H and O–H groups in total. The molecule has 2 fully saturated rings. The van der Waals surface area contributed by atoms with Crippen molar-refractivity contribution in [3.05, 3.63) is 28.5 Å². The second-order valence-corrected chi connectivity index (χ2v) is 7.43. The van der Waals surface area contributed by atoms with E-state index in [-0.39, 0.29) is 5.91 Å². The van der Waals surface area contributed by atoms with E-state index in [0.717, 1.165) is 10.1 Å². The Labute approximate surface area is 122 Å². The van der Waals surface area contributed by atoms with E-state index >= 15 is 0 Å². The first-order valence-electron chi connectivity index (χ1n) is 6.84. The van der Waals surface area contributed by atoms with Crippen LogP contribution in [-0.4, -0.2) is 34.4 Å². The summed E-state index contributed by atoms with van der Waals surface area (Å²) in [4.78, 5) is 15.7. The number of fused-ring (bicyclic) bond motifs is 2. The maximum absolute atomic E-state index is 12.4. The molecular formula is C15H19NOS2. The summed E-state index contributed by atoms with van der Waals surface area (Å²) in [7, 11) is 0. The lowest BCUT2D eigenvalue weighted by Crippen LogP contribution is -2.46. The van der Waals surface area contributed by atoms with Crippen LogP contribution in [0.5, 0.6) is 0 Å². The SMILES string of the molecule is CSC1CC2CCC(C1)N2C(=O)/C=C/c1cccs1. The van der Waals surface area contributed by atoms with Gasteiger partial charge in [0.05, 0.1) is 0 Å². The molecule has 2 saturated heterocycles. The van der Waals surface area contributed by atoms with Gasteiger partial charge in [-0.3, -0.25) is 4.79 Å². The van der Waals surface area contributed by atoms with Gasteiger partial charge in [-0.2, -0.15) is 11.8 Å². The molecule has 102 valence electrons. The molecule has 2 unspecified atom stereocenters. The topological polar surface area (TPSA) is 20.3 Å². The van der Waals surface area contributed by atoms with Crippen LogP contribution in [0.25, 0.3) is 6.08 Å². The van der Waals surface area contributed by atoms with Gasteiger partial charge in [0.25, 0.3) is 0 Å². The predicted molar refractivity (Wildman–Crippen MR) is 83.5 cm³/mol. The minimum atomic E-state index is 0.209. The zero-order chi connectivity index (χ0) is 13.2. The van der Waals surface area contributed by atoms with Crippen LogP contribution in [-0.2, 0) is 4.79 Å². The van der Waals surface area contributed by atoms with Gasteiger partial charge in [0.15, 0.2) is 0 Å². The maximum atomic E-state index is 12.4. The lowest BCUT2D eigenvalue weighted by atomic mass is 10.0. The molecule has 3 heterocycles. The van der Waals surface area contributed by atoms with Crippen LogP contribution in [0.15, 0.2) is 23.6 Å². The number of nitrogens with zero attached hydrogens (tertiary/aromatic N) is 1. The van der Waals surface area contributed by atoms with Gasteiger partial charge in [0.2, 0.25) is 5.91 Å². The van der Waals surface area contributed by atoms with Gasteiger partial charge >= 0.3 is 0 Å². The molecule has 3 rings (SSSR count). The molecule has 1 aromatic heterocycles. The van der Waals surface area contributed by atoms with Crippen molar-refractivity contribution in [3.8, 4) is 0 Å². The lowest BCUT2D eigenvalue weighted by molar-refractivity contribution is -0.129. The molecule has 0 aromatic carbocycles. The molecule has 0 radical (unpaired) electrons. The number of piperidine rings is 1.